The van der Waals surface area contributed by atoms with Crippen LogP contribution in [0.15, 0.2) is 48.7 Å². The van der Waals surface area contributed by atoms with Gasteiger partial charge in [-0.1, -0.05) is 18.2 Å². The van der Waals surface area contributed by atoms with Crippen LogP contribution in [0.1, 0.15) is 32.1 Å². The van der Waals surface area contributed by atoms with Crippen molar-refractivity contribution < 1.29 is 4.74 Å². The van der Waals surface area contributed by atoms with E-state index < -0.39 is 0 Å². The Morgan fingerprint density at radius 3 is 2.63 bits per heavy atom. The molecule has 5 heteroatoms. The zero-order chi connectivity index (χ0) is 20.2. The van der Waals surface area contributed by atoms with Gasteiger partial charge >= 0.3 is 0 Å². The van der Waals surface area contributed by atoms with Gasteiger partial charge in [-0.3, -0.25) is 0 Å². The van der Waals surface area contributed by atoms with Crippen LogP contribution in [0.5, 0.6) is 5.88 Å². The molecule has 2 fully saturated rings. The van der Waals surface area contributed by atoms with Crippen LogP contribution in [-0.4, -0.2) is 42.8 Å². The van der Waals surface area contributed by atoms with E-state index >= 15 is 0 Å². The number of piperidine rings is 2. The van der Waals surface area contributed by atoms with Crippen LogP contribution in [0, 0.1) is 5.92 Å². The summed E-state index contributed by atoms with van der Waals surface area (Å²) in [5.41, 5.74) is 5.50. The van der Waals surface area contributed by atoms with E-state index in [9.17, 15) is 0 Å². The van der Waals surface area contributed by atoms with Crippen molar-refractivity contribution in [3.63, 3.8) is 0 Å². The summed E-state index contributed by atoms with van der Waals surface area (Å²) in [6, 6.07) is 15.2. The van der Waals surface area contributed by atoms with Crippen LogP contribution in [0.2, 0.25) is 0 Å². The smallest absolute Gasteiger partial charge is 0.232 e. The Bertz CT molecular complexity index is 993. The number of ether oxygens (including phenoxy) is 1. The minimum atomic E-state index is 0.604. The summed E-state index contributed by atoms with van der Waals surface area (Å²) in [4.78, 5) is 11.8. The minimum Gasteiger partial charge on any atom is -0.476 e. The van der Waals surface area contributed by atoms with Gasteiger partial charge in [0.05, 0.1) is 23.8 Å². The Morgan fingerprint density at radius 1 is 0.933 bits per heavy atom. The second kappa shape index (κ2) is 9.00. The van der Waals surface area contributed by atoms with Gasteiger partial charge in [-0.05, 0) is 86.5 Å². The van der Waals surface area contributed by atoms with Gasteiger partial charge in [0.2, 0.25) is 5.88 Å². The first kappa shape index (κ1) is 19.3. The lowest BCUT2D eigenvalue weighted by Crippen LogP contribution is -2.30. The zero-order valence-electron chi connectivity index (χ0n) is 17.5. The highest BCUT2D eigenvalue weighted by molar-refractivity contribution is 5.82. The first-order valence-corrected chi connectivity index (χ1v) is 11.3. The molecule has 5 rings (SSSR count). The first-order chi connectivity index (χ1) is 14.8. The minimum absolute atomic E-state index is 0.604. The van der Waals surface area contributed by atoms with E-state index in [0.29, 0.717) is 11.8 Å². The molecule has 0 amide bonds. The van der Waals surface area contributed by atoms with Crippen molar-refractivity contribution in [2.24, 2.45) is 5.92 Å². The van der Waals surface area contributed by atoms with E-state index in [4.69, 9.17) is 9.72 Å². The second-order valence-corrected chi connectivity index (χ2v) is 8.51. The molecule has 0 unspecified atom stereocenters. The maximum absolute atomic E-state index is 5.99. The standard InChI is InChI=1S/C25H30N4O/c1-2-13-29(14-3-1)22-6-4-5-20(15-22)21-7-8-23-24(16-21)28-25(17-27-23)30-18-19-9-11-26-12-10-19/h4-8,15-17,19,26H,1-3,9-14,18H2. The fourth-order valence-corrected chi connectivity index (χ4v) is 4.53. The molecule has 5 nitrogen and oxygen atoms in total. The normalized spacial score (nSPS) is 17.9. The number of nitrogens with zero attached hydrogens (tertiary/aromatic N) is 3. The van der Waals surface area contributed by atoms with Gasteiger partial charge in [-0.25, -0.2) is 9.97 Å². The molecule has 2 saturated heterocycles. The summed E-state index contributed by atoms with van der Waals surface area (Å²) < 4.78 is 5.99. The van der Waals surface area contributed by atoms with Gasteiger partial charge in [0, 0.05) is 18.8 Å². The molecule has 0 aliphatic carbocycles. The average molecular weight is 403 g/mol. The zero-order valence-corrected chi connectivity index (χ0v) is 17.5. The molecule has 156 valence electrons. The lowest BCUT2D eigenvalue weighted by atomic mass is 9.99. The Labute approximate surface area is 178 Å². The number of aromatic nitrogens is 2. The Balaban J connectivity index is 1.36. The van der Waals surface area contributed by atoms with Crippen LogP contribution < -0.4 is 15.0 Å². The summed E-state index contributed by atoms with van der Waals surface area (Å²) in [6.45, 7) is 5.20. The summed E-state index contributed by atoms with van der Waals surface area (Å²) >= 11 is 0. The van der Waals surface area contributed by atoms with E-state index in [2.05, 4.69) is 57.7 Å². The van der Waals surface area contributed by atoms with Crippen LogP contribution in [0.25, 0.3) is 22.2 Å². The van der Waals surface area contributed by atoms with Crippen molar-refractivity contribution in [2.75, 3.05) is 37.7 Å². The summed E-state index contributed by atoms with van der Waals surface area (Å²) in [5, 5.41) is 3.40. The predicted octanol–water partition coefficient (Wildman–Crippen LogP) is 4.67. The maximum atomic E-state index is 5.99. The molecule has 1 N–H and O–H groups in total. The van der Waals surface area contributed by atoms with Crippen molar-refractivity contribution in [3.8, 4) is 17.0 Å². The van der Waals surface area contributed by atoms with Crippen LogP contribution >= 0.6 is 0 Å². The van der Waals surface area contributed by atoms with E-state index in [1.807, 2.05) is 0 Å². The summed E-state index contributed by atoms with van der Waals surface area (Å²) in [5.74, 6) is 1.23. The number of hydrogen-bond donors (Lipinski definition) is 1. The molecule has 30 heavy (non-hydrogen) atoms. The van der Waals surface area contributed by atoms with Gasteiger partial charge in [0.1, 0.15) is 0 Å². The fraction of sp³-hybridized carbons (Fsp3) is 0.440. The highest BCUT2D eigenvalue weighted by Gasteiger charge is 2.15. The van der Waals surface area contributed by atoms with Crippen LogP contribution in [0.4, 0.5) is 5.69 Å². The lowest BCUT2D eigenvalue weighted by Gasteiger charge is -2.29. The highest BCUT2D eigenvalue weighted by Crippen LogP contribution is 2.28. The molecular formula is C25H30N4O. The molecule has 0 spiro atoms. The van der Waals surface area contributed by atoms with Gasteiger partial charge in [0.15, 0.2) is 0 Å². The SMILES string of the molecule is c1cc(-c2ccc3ncc(OCC4CCNCC4)nc3c2)cc(N2CCCCC2)c1. The van der Waals surface area contributed by atoms with Crippen molar-refractivity contribution in [2.45, 2.75) is 32.1 Å². The molecule has 1 aromatic heterocycles. The lowest BCUT2D eigenvalue weighted by molar-refractivity contribution is 0.209. The van der Waals surface area contributed by atoms with E-state index in [1.54, 1.807) is 6.20 Å². The largest absolute Gasteiger partial charge is 0.476 e. The van der Waals surface area contributed by atoms with Crippen LogP contribution in [-0.2, 0) is 0 Å². The average Bonchev–Trinajstić information content (AvgIpc) is 2.83. The maximum Gasteiger partial charge on any atom is 0.232 e. The van der Waals surface area contributed by atoms with Crippen molar-refractivity contribution in [1.82, 2.24) is 15.3 Å². The topological polar surface area (TPSA) is 50.3 Å². The Kier molecular flexibility index (Phi) is 5.80. The van der Waals surface area contributed by atoms with Crippen LogP contribution in [0.3, 0.4) is 0 Å². The van der Waals surface area contributed by atoms with E-state index in [-0.39, 0.29) is 0 Å². The molecule has 0 saturated carbocycles. The van der Waals surface area contributed by atoms with Gasteiger partial charge < -0.3 is 15.0 Å². The monoisotopic (exact) mass is 402 g/mol. The van der Waals surface area contributed by atoms with Gasteiger partial charge in [-0.2, -0.15) is 0 Å². The Morgan fingerprint density at radius 2 is 1.77 bits per heavy atom. The number of nitrogens with one attached hydrogen (secondary N) is 1. The first-order valence-electron chi connectivity index (χ1n) is 11.3. The molecule has 0 atom stereocenters. The second-order valence-electron chi connectivity index (χ2n) is 8.51. The molecule has 3 heterocycles. The quantitative estimate of drug-likeness (QED) is 0.672. The third kappa shape index (κ3) is 4.41. The van der Waals surface area contributed by atoms with Crippen molar-refractivity contribution in [3.05, 3.63) is 48.7 Å². The summed E-state index contributed by atoms with van der Waals surface area (Å²) in [6.07, 6.45) is 8.00. The van der Waals surface area contributed by atoms with Crippen molar-refractivity contribution >= 4 is 16.7 Å². The molecular weight excluding hydrogens is 372 g/mol. The van der Waals surface area contributed by atoms with E-state index in [0.717, 1.165) is 43.8 Å². The number of hydrogen-bond acceptors (Lipinski definition) is 5. The van der Waals surface area contributed by atoms with Crippen molar-refractivity contribution in [1.29, 1.82) is 0 Å². The molecule has 2 aliphatic rings. The Hall–Kier alpha value is -2.66. The van der Waals surface area contributed by atoms with Gasteiger partial charge in [-0.15, -0.1) is 0 Å². The molecule has 0 bridgehead atoms. The number of rotatable bonds is 5. The third-order valence-corrected chi connectivity index (χ3v) is 6.35. The molecule has 3 aromatic rings. The van der Waals surface area contributed by atoms with E-state index in [1.165, 1.54) is 48.9 Å². The highest BCUT2D eigenvalue weighted by atomic mass is 16.5. The number of benzene rings is 2. The molecule has 0 radical (unpaired) electrons. The predicted molar refractivity (Wildman–Crippen MR) is 122 cm³/mol. The summed E-state index contributed by atoms with van der Waals surface area (Å²) in [7, 11) is 0. The number of fused-ring (bicyclic) bond motifs is 1. The fourth-order valence-electron chi connectivity index (χ4n) is 4.53. The number of anilines is 1. The molecule has 2 aliphatic heterocycles. The van der Waals surface area contributed by atoms with Gasteiger partial charge in [0.25, 0.3) is 0 Å². The third-order valence-electron chi connectivity index (χ3n) is 6.35. The molecule has 2 aromatic carbocycles.